The Hall–Kier alpha value is -2.04. The summed E-state index contributed by atoms with van der Waals surface area (Å²) in [7, 11) is 0. The van der Waals surface area contributed by atoms with E-state index in [-0.39, 0.29) is 5.75 Å². The number of halogens is 1. The summed E-state index contributed by atoms with van der Waals surface area (Å²) in [5.74, 6) is 1.30. The molecule has 1 aromatic heterocycles. The first-order valence-corrected chi connectivity index (χ1v) is 9.14. The maximum atomic E-state index is 9.80. The average molecular weight is 356 g/mol. The summed E-state index contributed by atoms with van der Waals surface area (Å²) in [5, 5.41) is 10.5. The number of fused-ring (bicyclic) bond motifs is 1. The average Bonchev–Trinajstić information content (AvgIpc) is 3.14. The van der Waals surface area contributed by atoms with Gasteiger partial charge in [0.05, 0.1) is 17.6 Å². The van der Waals surface area contributed by atoms with Gasteiger partial charge in [-0.25, -0.2) is 4.98 Å². The summed E-state index contributed by atoms with van der Waals surface area (Å²) in [6.07, 6.45) is 2.50. The van der Waals surface area contributed by atoms with Crippen LogP contribution >= 0.6 is 11.6 Å². The molecule has 130 valence electrons. The Morgan fingerprint density at radius 1 is 1.16 bits per heavy atom. The second-order valence-corrected chi connectivity index (χ2v) is 7.31. The number of aromatic nitrogens is 2. The van der Waals surface area contributed by atoms with Crippen molar-refractivity contribution in [2.75, 3.05) is 6.54 Å². The second kappa shape index (κ2) is 6.70. The summed E-state index contributed by atoms with van der Waals surface area (Å²) in [6.45, 7) is 4.99. The van der Waals surface area contributed by atoms with Crippen molar-refractivity contribution in [1.82, 2.24) is 14.5 Å². The molecule has 0 aliphatic carbocycles. The van der Waals surface area contributed by atoms with Gasteiger partial charge in [-0.1, -0.05) is 23.7 Å². The molecule has 2 aromatic carbocycles. The monoisotopic (exact) mass is 355 g/mol. The van der Waals surface area contributed by atoms with E-state index in [4.69, 9.17) is 16.6 Å². The Labute approximate surface area is 152 Å². The Kier molecular flexibility index (Phi) is 4.40. The van der Waals surface area contributed by atoms with Crippen LogP contribution in [0, 0.1) is 0 Å². The number of benzene rings is 2. The lowest BCUT2D eigenvalue weighted by Crippen LogP contribution is -2.28. The minimum atomic E-state index is 0.254. The van der Waals surface area contributed by atoms with Crippen LogP contribution in [0.25, 0.3) is 11.0 Å². The van der Waals surface area contributed by atoms with Gasteiger partial charge in [-0.05, 0) is 56.1 Å². The van der Waals surface area contributed by atoms with Gasteiger partial charge in [0.2, 0.25) is 0 Å². The van der Waals surface area contributed by atoms with E-state index in [0.29, 0.717) is 6.04 Å². The molecule has 3 aromatic rings. The highest BCUT2D eigenvalue weighted by atomic mass is 35.5. The summed E-state index contributed by atoms with van der Waals surface area (Å²) in [4.78, 5) is 7.31. The number of imidazole rings is 1. The second-order valence-electron chi connectivity index (χ2n) is 6.88. The number of hydrogen-bond donors (Lipinski definition) is 1. The van der Waals surface area contributed by atoms with Gasteiger partial charge in [-0.3, -0.25) is 4.90 Å². The summed E-state index contributed by atoms with van der Waals surface area (Å²) in [6, 6.07) is 14.0. The van der Waals surface area contributed by atoms with Crippen LogP contribution in [0.3, 0.4) is 0 Å². The third-order valence-corrected chi connectivity index (χ3v) is 5.35. The van der Waals surface area contributed by atoms with Crippen LogP contribution in [0.4, 0.5) is 0 Å². The van der Waals surface area contributed by atoms with Crippen LogP contribution < -0.4 is 0 Å². The molecule has 25 heavy (non-hydrogen) atoms. The van der Waals surface area contributed by atoms with Crippen molar-refractivity contribution in [3.8, 4) is 5.75 Å². The molecule has 0 radical (unpaired) electrons. The molecule has 0 spiro atoms. The Morgan fingerprint density at radius 3 is 2.68 bits per heavy atom. The van der Waals surface area contributed by atoms with Gasteiger partial charge >= 0.3 is 0 Å². The van der Waals surface area contributed by atoms with Crippen molar-refractivity contribution < 1.29 is 5.11 Å². The number of hydrogen-bond acceptors (Lipinski definition) is 3. The van der Waals surface area contributed by atoms with E-state index < -0.39 is 0 Å². The molecule has 0 saturated carbocycles. The topological polar surface area (TPSA) is 41.3 Å². The Morgan fingerprint density at radius 2 is 1.96 bits per heavy atom. The van der Waals surface area contributed by atoms with Crippen LogP contribution in [0.2, 0.25) is 5.02 Å². The van der Waals surface area contributed by atoms with Gasteiger partial charge in [-0.15, -0.1) is 0 Å². The van der Waals surface area contributed by atoms with E-state index in [1.54, 1.807) is 12.1 Å². The van der Waals surface area contributed by atoms with Crippen LogP contribution in [-0.2, 0) is 13.1 Å². The maximum Gasteiger partial charge on any atom is 0.124 e. The third kappa shape index (κ3) is 3.37. The van der Waals surface area contributed by atoms with Crippen molar-refractivity contribution in [2.24, 2.45) is 0 Å². The molecule has 2 heterocycles. The van der Waals surface area contributed by atoms with E-state index in [1.165, 1.54) is 18.4 Å². The molecule has 0 bridgehead atoms. The molecule has 4 rings (SSSR count). The van der Waals surface area contributed by atoms with Crippen molar-refractivity contribution in [2.45, 2.75) is 38.9 Å². The highest BCUT2D eigenvalue weighted by Gasteiger charge is 2.23. The summed E-state index contributed by atoms with van der Waals surface area (Å²) in [5.41, 5.74) is 3.08. The normalized spacial score (nSPS) is 18.2. The highest BCUT2D eigenvalue weighted by molar-refractivity contribution is 6.30. The fourth-order valence-corrected chi connectivity index (χ4v) is 3.77. The molecular formula is C20H22ClN3O. The van der Waals surface area contributed by atoms with Crippen molar-refractivity contribution >= 4 is 22.6 Å². The Bertz CT molecular complexity index is 888. The van der Waals surface area contributed by atoms with Crippen molar-refractivity contribution in [3.63, 3.8) is 0 Å². The number of likely N-dealkylation sites (tertiary alicyclic amines) is 1. The molecule has 1 fully saturated rings. The number of phenolic OH excluding ortho intramolecular Hbond substituents is 1. The molecule has 4 nitrogen and oxygen atoms in total. The minimum Gasteiger partial charge on any atom is -0.508 e. The van der Waals surface area contributed by atoms with E-state index >= 15 is 0 Å². The molecule has 0 amide bonds. The van der Waals surface area contributed by atoms with E-state index in [0.717, 1.165) is 41.5 Å². The standard InChI is InChI=1S/C20H22ClN3O/c1-14-3-2-10-23(14)13-20-22-18-11-17(25)8-9-19(18)24(20)12-15-4-6-16(21)7-5-15/h4-9,11,14,25H,2-3,10,12-13H2,1H3/t14-/m0/s1. The molecule has 1 saturated heterocycles. The third-order valence-electron chi connectivity index (χ3n) is 5.10. The first-order valence-electron chi connectivity index (χ1n) is 8.77. The zero-order valence-corrected chi connectivity index (χ0v) is 15.1. The fourth-order valence-electron chi connectivity index (χ4n) is 3.65. The predicted octanol–water partition coefficient (Wildman–Crippen LogP) is 4.43. The predicted molar refractivity (Wildman–Crippen MR) is 101 cm³/mol. The molecule has 0 unspecified atom stereocenters. The molecular weight excluding hydrogens is 334 g/mol. The highest BCUT2D eigenvalue weighted by Crippen LogP contribution is 2.25. The van der Waals surface area contributed by atoms with Crippen LogP contribution in [0.5, 0.6) is 5.75 Å². The van der Waals surface area contributed by atoms with Crippen LogP contribution in [0.1, 0.15) is 31.2 Å². The molecule has 1 atom stereocenters. The first-order chi connectivity index (χ1) is 12.1. The smallest absolute Gasteiger partial charge is 0.124 e. The zero-order valence-electron chi connectivity index (χ0n) is 14.3. The fraction of sp³-hybridized carbons (Fsp3) is 0.350. The van der Waals surface area contributed by atoms with Gasteiger partial charge in [0, 0.05) is 23.7 Å². The van der Waals surface area contributed by atoms with Gasteiger partial charge in [0.1, 0.15) is 11.6 Å². The lowest BCUT2D eigenvalue weighted by atomic mass is 10.2. The van der Waals surface area contributed by atoms with Gasteiger partial charge in [0.15, 0.2) is 0 Å². The summed E-state index contributed by atoms with van der Waals surface area (Å²) < 4.78 is 2.25. The lowest BCUT2D eigenvalue weighted by molar-refractivity contribution is 0.251. The van der Waals surface area contributed by atoms with E-state index in [1.807, 2.05) is 18.2 Å². The zero-order chi connectivity index (χ0) is 17.4. The molecule has 5 heteroatoms. The molecule has 1 N–H and O–H groups in total. The number of nitrogens with zero attached hydrogens (tertiary/aromatic N) is 3. The minimum absolute atomic E-state index is 0.254. The first kappa shape index (κ1) is 16.4. The van der Waals surface area contributed by atoms with Gasteiger partial charge in [-0.2, -0.15) is 0 Å². The maximum absolute atomic E-state index is 9.80. The van der Waals surface area contributed by atoms with Crippen LogP contribution in [0.15, 0.2) is 42.5 Å². The largest absolute Gasteiger partial charge is 0.508 e. The van der Waals surface area contributed by atoms with Gasteiger partial charge < -0.3 is 9.67 Å². The Balaban J connectivity index is 1.73. The van der Waals surface area contributed by atoms with Crippen molar-refractivity contribution in [3.05, 3.63) is 58.9 Å². The van der Waals surface area contributed by atoms with Gasteiger partial charge in [0.25, 0.3) is 0 Å². The number of rotatable bonds is 4. The summed E-state index contributed by atoms with van der Waals surface area (Å²) >= 11 is 6.01. The number of phenols is 1. The molecule has 1 aliphatic heterocycles. The van der Waals surface area contributed by atoms with Crippen LogP contribution in [-0.4, -0.2) is 32.1 Å². The quantitative estimate of drug-likeness (QED) is 0.752. The van der Waals surface area contributed by atoms with E-state index in [2.05, 4.69) is 28.5 Å². The SMILES string of the molecule is C[C@H]1CCCN1Cc1nc2cc(O)ccc2n1Cc1ccc(Cl)cc1. The van der Waals surface area contributed by atoms with E-state index in [9.17, 15) is 5.11 Å². The molecule has 1 aliphatic rings. The lowest BCUT2D eigenvalue weighted by Gasteiger charge is -2.21. The number of aromatic hydroxyl groups is 1. The van der Waals surface area contributed by atoms with Crippen molar-refractivity contribution in [1.29, 1.82) is 0 Å².